The third-order valence-electron chi connectivity index (χ3n) is 2.84. The van der Waals surface area contributed by atoms with Gasteiger partial charge in [0.1, 0.15) is 0 Å². The highest BCUT2D eigenvalue weighted by molar-refractivity contribution is 7.80. The molecule has 6 nitrogen and oxygen atoms in total. The molecule has 7 heteroatoms. The number of carbonyl (C=O) groups is 1. The zero-order valence-electron chi connectivity index (χ0n) is 11.7. The average Bonchev–Trinajstić information content (AvgIpc) is 2.47. The molecular weight excluding hydrogens is 302 g/mol. The Morgan fingerprint density at radius 2 is 1.86 bits per heavy atom. The summed E-state index contributed by atoms with van der Waals surface area (Å²) in [6, 6.07) is 12.9. The van der Waals surface area contributed by atoms with Crippen LogP contribution in [0, 0.1) is 17.0 Å². The van der Waals surface area contributed by atoms with Crippen LogP contribution in [-0.4, -0.2) is 15.9 Å². The van der Waals surface area contributed by atoms with E-state index >= 15 is 0 Å². The number of aryl methyl sites for hydroxylation is 1. The van der Waals surface area contributed by atoms with Gasteiger partial charge in [-0.1, -0.05) is 17.7 Å². The molecule has 112 valence electrons. The average molecular weight is 315 g/mol. The Balaban J connectivity index is 1.98. The second-order valence-corrected chi connectivity index (χ2v) is 4.99. The maximum atomic E-state index is 12.0. The number of non-ortho nitro benzene ring substituents is 1. The molecule has 0 aliphatic rings. The van der Waals surface area contributed by atoms with Gasteiger partial charge in [0.2, 0.25) is 0 Å². The van der Waals surface area contributed by atoms with Crippen LogP contribution in [0.5, 0.6) is 0 Å². The van der Waals surface area contributed by atoms with Gasteiger partial charge in [-0.2, -0.15) is 0 Å². The number of amides is 1. The van der Waals surface area contributed by atoms with Gasteiger partial charge in [-0.25, -0.2) is 0 Å². The number of carbonyl (C=O) groups excluding carboxylic acids is 1. The molecule has 0 aliphatic heterocycles. The van der Waals surface area contributed by atoms with Crippen molar-refractivity contribution >= 4 is 34.6 Å². The highest BCUT2D eigenvalue weighted by Crippen LogP contribution is 2.15. The van der Waals surface area contributed by atoms with Gasteiger partial charge in [0.05, 0.1) is 4.92 Å². The first kappa shape index (κ1) is 15.6. The van der Waals surface area contributed by atoms with Crippen molar-refractivity contribution in [3.63, 3.8) is 0 Å². The summed E-state index contributed by atoms with van der Waals surface area (Å²) in [4.78, 5) is 22.1. The van der Waals surface area contributed by atoms with Crippen molar-refractivity contribution < 1.29 is 9.72 Å². The Labute approximate surface area is 132 Å². The standard InChI is InChI=1S/C15H13N3O3S/c1-10-3-2-4-11(9-10)14(19)17-15(22)16-12-5-7-13(8-6-12)18(20)21/h2-9H,1H3,(H2,16,17,19,22). The van der Waals surface area contributed by atoms with E-state index in [4.69, 9.17) is 12.2 Å². The molecule has 22 heavy (non-hydrogen) atoms. The molecule has 0 aliphatic carbocycles. The number of thiocarbonyl (C=S) groups is 1. The molecule has 2 N–H and O–H groups in total. The minimum Gasteiger partial charge on any atom is -0.332 e. The van der Waals surface area contributed by atoms with E-state index in [9.17, 15) is 14.9 Å². The summed E-state index contributed by atoms with van der Waals surface area (Å²) in [7, 11) is 0. The van der Waals surface area contributed by atoms with Crippen LogP contribution in [0.3, 0.4) is 0 Å². The summed E-state index contributed by atoms with van der Waals surface area (Å²) in [5.74, 6) is -0.317. The van der Waals surface area contributed by atoms with Gasteiger partial charge in [0.15, 0.2) is 5.11 Å². The first-order valence-corrected chi connectivity index (χ1v) is 6.80. The van der Waals surface area contributed by atoms with E-state index in [2.05, 4.69) is 10.6 Å². The second-order valence-electron chi connectivity index (χ2n) is 4.58. The number of anilines is 1. The molecule has 0 unspecified atom stereocenters. The number of rotatable bonds is 3. The van der Waals surface area contributed by atoms with Gasteiger partial charge in [-0.05, 0) is 43.4 Å². The smallest absolute Gasteiger partial charge is 0.269 e. The Kier molecular flexibility index (Phi) is 4.80. The molecule has 0 aromatic heterocycles. The maximum Gasteiger partial charge on any atom is 0.269 e. The predicted molar refractivity (Wildman–Crippen MR) is 88.0 cm³/mol. The monoisotopic (exact) mass is 315 g/mol. The Morgan fingerprint density at radius 1 is 1.18 bits per heavy atom. The van der Waals surface area contributed by atoms with E-state index in [0.29, 0.717) is 11.3 Å². The number of nitrogens with zero attached hydrogens (tertiary/aromatic N) is 1. The Morgan fingerprint density at radius 3 is 2.45 bits per heavy atom. The SMILES string of the molecule is Cc1cccc(C(=O)NC(=S)Nc2ccc([N+](=O)[O-])cc2)c1. The molecule has 0 radical (unpaired) electrons. The quantitative estimate of drug-likeness (QED) is 0.517. The fourth-order valence-electron chi connectivity index (χ4n) is 1.79. The van der Waals surface area contributed by atoms with Crippen molar-refractivity contribution in [3.05, 3.63) is 69.8 Å². The number of nitrogens with one attached hydrogen (secondary N) is 2. The van der Waals surface area contributed by atoms with Crippen molar-refractivity contribution in [3.8, 4) is 0 Å². The van der Waals surface area contributed by atoms with E-state index in [-0.39, 0.29) is 16.7 Å². The summed E-state index contributed by atoms with van der Waals surface area (Å²) in [6.07, 6.45) is 0. The molecule has 0 saturated carbocycles. The van der Waals surface area contributed by atoms with Crippen LogP contribution in [0.2, 0.25) is 0 Å². The van der Waals surface area contributed by atoms with Gasteiger partial charge in [0.25, 0.3) is 11.6 Å². The number of hydrogen-bond acceptors (Lipinski definition) is 4. The van der Waals surface area contributed by atoms with Crippen LogP contribution in [0.4, 0.5) is 11.4 Å². The van der Waals surface area contributed by atoms with E-state index in [1.54, 1.807) is 18.2 Å². The first-order valence-electron chi connectivity index (χ1n) is 6.39. The number of nitro groups is 1. The lowest BCUT2D eigenvalue weighted by Gasteiger charge is -2.09. The maximum absolute atomic E-state index is 12.0. The number of hydrogen-bond donors (Lipinski definition) is 2. The van der Waals surface area contributed by atoms with Crippen LogP contribution in [0.1, 0.15) is 15.9 Å². The molecule has 0 fully saturated rings. The summed E-state index contributed by atoms with van der Waals surface area (Å²) in [6.45, 7) is 1.89. The largest absolute Gasteiger partial charge is 0.332 e. The summed E-state index contributed by atoms with van der Waals surface area (Å²) in [5, 5.41) is 16.0. The summed E-state index contributed by atoms with van der Waals surface area (Å²) < 4.78 is 0. The number of nitro benzene ring substituents is 1. The van der Waals surface area contributed by atoms with Crippen molar-refractivity contribution in [1.82, 2.24) is 5.32 Å². The number of benzene rings is 2. The van der Waals surface area contributed by atoms with Crippen molar-refractivity contribution in [2.75, 3.05) is 5.32 Å². The van der Waals surface area contributed by atoms with Crippen LogP contribution >= 0.6 is 12.2 Å². The fourth-order valence-corrected chi connectivity index (χ4v) is 2.00. The molecule has 0 atom stereocenters. The minimum absolute atomic E-state index is 0.0136. The summed E-state index contributed by atoms with van der Waals surface area (Å²) in [5.41, 5.74) is 2.02. The molecule has 2 aromatic rings. The summed E-state index contributed by atoms with van der Waals surface area (Å²) >= 11 is 5.05. The van der Waals surface area contributed by atoms with Gasteiger partial charge in [-0.15, -0.1) is 0 Å². The van der Waals surface area contributed by atoms with E-state index < -0.39 is 4.92 Å². The van der Waals surface area contributed by atoms with E-state index in [1.807, 2.05) is 13.0 Å². The molecule has 0 bridgehead atoms. The highest BCUT2D eigenvalue weighted by Gasteiger charge is 2.09. The van der Waals surface area contributed by atoms with Gasteiger partial charge in [0, 0.05) is 23.4 Å². The van der Waals surface area contributed by atoms with Crippen molar-refractivity contribution in [1.29, 1.82) is 0 Å². The lowest BCUT2D eigenvalue weighted by Crippen LogP contribution is -2.34. The van der Waals surface area contributed by atoms with Gasteiger partial charge in [-0.3, -0.25) is 20.2 Å². The zero-order chi connectivity index (χ0) is 16.1. The minimum atomic E-state index is -0.485. The molecule has 0 heterocycles. The molecule has 0 spiro atoms. The lowest BCUT2D eigenvalue weighted by molar-refractivity contribution is -0.384. The molecule has 2 aromatic carbocycles. The topological polar surface area (TPSA) is 84.3 Å². The highest BCUT2D eigenvalue weighted by atomic mass is 32.1. The van der Waals surface area contributed by atoms with Crippen LogP contribution < -0.4 is 10.6 Å². The third-order valence-corrected chi connectivity index (χ3v) is 3.05. The second kappa shape index (κ2) is 6.77. The van der Waals surface area contributed by atoms with Crippen molar-refractivity contribution in [2.24, 2.45) is 0 Å². The molecule has 1 amide bonds. The molecular formula is C15H13N3O3S. The van der Waals surface area contributed by atoms with Crippen LogP contribution in [-0.2, 0) is 0 Å². The van der Waals surface area contributed by atoms with Crippen LogP contribution in [0.25, 0.3) is 0 Å². The fraction of sp³-hybridized carbons (Fsp3) is 0.0667. The van der Waals surface area contributed by atoms with Gasteiger partial charge < -0.3 is 5.32 Å². The van der Waals surface area contributed by atoms with Gasteiger partial charge >= 0.3 is 0 Å². The Bertz CT molecular complexity index is 729. The lowest BCUT2D eigenvalue weighted by atomic mass is 10.1. The predicted octanol–water partition coefficient (Wildman–Crippen LogP) is 3.03. The third kappa shape index (κ3) is 4.10. The normalized spacial score (nSPS) is 9.86. The first-order chi connectivity index (χ1) is 10.5. The molecule has 2 rings (SSSR count). The van der Waals surface area contributed by atoms with E-state index in [0.717, 1.165) is 5.56 Å². The molecule has 0 saturated heterocycles. The van der Waals surface area contributed by atoms with Crippen LogP contribution in [0.15, 0.2) is 48.5 Å². The van der Waals surface area contributed by atoms with E-state index in [1.165, 1.54) is 24.3 Å². The Hall–Kier alpha value is -2.80. The van der Waals surface area contributed by atoms with Crippen molar-refractivity contribution in [2.45, 2.75) is 6.92 Å². The zero-order valence-corrected chi connectivity index (χ0v) is 12.5.